The van der Waals surface area contributed by atoms with Crippen LogP contribution >= 0.6 is 11.3 Å². The zero-order valence-corrected chi connectivity index (χ0v) is 13.0. The highest BCUT2D eigenvalue weighted by atomic mass is 32.1. The van der Waals surface area contributed by atoms with Crippen molar-refractivity contribution in [3.8, 4) is 11.3 Å². The van der Waals surface area contributed by atoms with E-state index in [1.54, 1.807) is 17.8 Å². The highest BCUT2D eigenvalue weighted by molar-refractivity contribution is 7.18. The van der Waals surface area contributed by atoms with Gasteiger partial charge in [-0.1, -0.05) is 0 Å². The molecule has 0 radical (unpaired) electrons. The van der Waals surface area contributed by atoms with E-state index in [9.17, 15) is 5.11 Å². The van der Waals surface area contributed by atoms with Gasteiger partial charge in [0.1, 0.15) is 4.83 Å². The molecule has 0 aliphatic heterocycles. The van der Waals surface area contributed by atoms with E-state index in [2.05, 4.69) is 10.1 Å². The lowest BCUT2D eigenvalue weighted by Crippen LogP contribution is -1.86. The summed E-state index contributed by atoms with van der Waals surface area (Å²) in [5, 5.41) is 16.0. The van der Waals surface area contributed by atoms with Gasteiger partial charge in [-0.3, -0.25) is 4.68 Å². The number of hydrogen-bond donors (Lipinski definition) is 1. The number of fused-ring (bicyclic) bond motifs is 2. The maximum Gasteiger partial charge on any atom is 0.181 e. The quantitative estimate of drug-likeness (QED) is 0.617. The lowest BCUT2D eigenvalue weighted by Gasteiger charge is -2.00. The van der Waals surface area contributed by atoms with Gasteiger partial charge in [-0.25, -0.2) is 9.97 Å². The third-order valence-corrected chi connectivity index (χ3v) is 4.80. The average molecular weight is 310 g/mol. The van der Waals surface area contributed by atoms with E-state index < -0.39 is 6.10 Å². The molecule has 0 saturated carbocycles. The molecule has 4 rings (SSSR count). The van der Waals surface area contributed by atoms with E-state index in [1.807, 2.05) is 37.5 Å². The number of aliphatic hydroxyl groups is 1. The molecule has 0 spiro atoms. The minimum Gasteiger partial charge on any atom is -0.388 e. The maximum atomic E-state index is 9.70. The summed E-state index contributed by atoms with van der Waals surface area (Å²) in [6, 6.07) is 8.06. The van der Waals surface area contributed by atoms with E-state index in [0.717, 1.165) is 37.4 Å². The topological polar surface area (TPSA) is 63.8 Å². The smallest absolute Gasteiger partial charge is 0.181 e. The molecule has 0 aromatic carbocycles. The van der Waals surface area contributed by atoms with Crippen LogP contribution in [0.1, 0.15) is 17.9 Å². The maximum absolute atomic E-state index is 9.70. The minimum atomic E-state index is -0.462. The first kappa shape index (κ1) is 13.4. The van der Waals surface area contributed by atoms with Crippen LogP contribution < -0.4 is 0 Å². The van der Waals surface area contributed by atoms with Crippen LogP contribution in [0.5, 0.6) is 0 Å². The van der Waals surface area contributed by atoms with Crippen molar-refractivity contribution in [1.29, 1.82) is 0 Å². The Kier molecular flexibility index (Phi) is 2.95. The Morgan fingerprint density at radius 3 is 2.91 bits per heavy atom. The average Bonchev–Trinajstić information content (AvgIpc) is 3.07. The first-order valence-corrected chi connectivity index (χ1v) is 7.80. The molecule has 0 aliphatic carbocycles. The summed E-state index contributed by atoms with van der Waals surface area (Å²) >= 11 is 1.52. The molecule has 110 valence electrons. The Hall–Kier alpha value is -2.31. The summed E-state index contributed by atoms with van der Waals surface area (Å²) in [6.45, 7) is 1.77. The van der Waals surface area contributed by atoms with Crippen molar-refractivity contribution in [3.05, 3.63) is 41.5 Å². The summed E-state index contributed by atoms with van der Waals surface area (Å²) < 4.78 is 1.76. The zero-order chi connectivity index (χ0) is 15.3. The van der Waals surface area contributed by atoms with Crippen molar-refractivity contribution >= 4 is 32.6 Å². The molecule has 22 heavy (non-hydrogen) atoms. The molecule has 0 saturated heterocycles. The monoisotopic (exact) mass is 310 g/mol. The molecule has 0 fully saturated rings. The molecule has 0 aliphatic rings. The standard InChI is InChI=1S/C16H14N4OS/c1-9(21)14-6-10-3-4-13(18-16(10)22-14)11-5-12-8-20(2)19-15(12)17-7-11/h3-9,21H,1-2H3/t9-/m1/s1. The lowest BCUT2D eigenvalue weighted by molar-refractivity contribution is 0.203. The second-order valence-electron chi connectivity index (χ2n) is 5.36. The van der Waals surface area contributed by atoms with Gasteiger partial charge in [0.25, 0.3) is 0 Å². The summed E-state index contributed by atoms with van der Waals surface area (Å²) in [7, 11) is 1.88. The van der Waals surface area contributed by atoms with Crippen LogP contribution in [0.2, 0.25) is 0 Å². The van der Waals surface area contributed by atoms with Crippen molar-refractivity contribution in [2.24, 2.45) is 7.05 Å². The molecule has 0 bridgehead atoms. The summed E-state index contributed by atoms with van der Waals surface area (Å²) in [5.41, 5.74) is 2.58. The largest absolute Gasteiger partial charge is 0.388 e. The Labute approximate surface area is 130 Å². The van der Waals surface area contributed by atoms with Crippen molar-refractivity contribution in [1.82, 2.24) is 19.7 Å². The predicted molar refractivity (Wildman–Crippen MR) is 87.8 cm³/mol. The number of thiophene rings is 1. The van der Waals surface area contributed by atoms with Crippen LogP contribution in [-0.2, 0) is 7.05 Å². The van der Waals surface area contributed by atoms with Gasteiger partial charge in [-0.2, -0.15) is 5.10 Å². The minimum absolute atomic E-state index is 0.462. The third-order valence-electron chi connectivity index (χ3n) is 3.58. The van der Waals surface area contributed by atoms with Crippen LogP contribution in [0.25, 0.3) is 32.5 Å². The van der Waals surface area contributed by atoms with Crippen molar-refractivity contribution < 1.29 is 5.11 Å². The SMILES string of the molecule is C[C@@H](O)c1cc2ccc(-c3cnc4nn(C)cc4c3)nc2s1. The summed E-state index contributed by atoms with van der Waals surface area (Å²) in [4.78, 5) is 10.9. The molecule has 1 atom stereocenters. The second-order valence-corrected chi connectivity index (χ2v) is 6.42. The number of aromatic nitrogens is 4. The van der Waals surface area contributed by atoms with Crippen molar-refractivity contribution in [3.63, 3.8) is 0 Å². The molecule has 5 nitrogen and oxygen atoms in total. The highest BCUT2D eigenvalue weighted by Gasteiger charge is 2.10. The number of pyridine rings is 2. The van der Waals surface area contributed by atoms with Gasteiger partial charge in [-0.15, -0.1) is 11.3 Å². The first-order valence-electron chi connectivity index (χ1n) is 6.98. The van der Waals surface area contributed by atoms with E-state index in [0.29, 0.717) is 0 Å². The Morgan fingerprint density at radius 1 is 1.23 bits per heavy atom. The van der Waals surface area contributed by atoms with Gasteiger partial charge in [0.2, 0.25) is 0 Å². The van der Waals surface area contributed by atoms with Crippen LogP contribution in [-0.4, -0.2) is 24.9 Å². The molecule has 1 N–H and O–H groups in total. The number of hydrogen-bond acceptors (Lipinski definition) is 5. The van der Waals surface area contributed by atoms with E-state index >= 15 is 0 Å². The van der Waals surface area contributed by atoms with Crippen LogP contribution in [0, 0.1) is 0 Å². The number of nitrogens with zero attached hydrogens (tertiary/aromatic N) is 4. The first-order chi connectivity index (χ1) is 10.6. The van der Waals surface area contributed by atoms with Gasteiger partial charge in [0.05, 0.1) is 11.8 Å². The predicted octanol–water partition coefficient (Wildman–Crippen LogP) is 3.30. The number of aliphatic hydroxyl groups excluding tert-OH is 1. The van der Waals surface area contributed by atoms with Gasteiger partial charge in [0, 0.05) is 40.7 Å². The third kappa shape index (κ3) is 2.17. The van der Waals surface area contributed by atoms with Gasteiger partial charge < -0.3 is 5.11 Å². The molecular formula is C16H14N4OS. The zero-order valence-electron chi connectivity index (χ0n) is 12.2. The molecule has 4 heterocycles. The molecule has 0 unspecified atom stereocenters. The molecule has 4 aromatic heterocycles. The van der Waals surface area contributed by atoms with E-state index in [-0.39, 0.29) is 0 Å². The highest BCUT2D eigenvalue weighted by Crippen LogP contribution is 2.31. The summed E-state index contributed by atoms with van der Waals surface area (Å²) in [6.07, 6.45) is 3.28. The fourth-order valence-corrected chi connectivity index (χ4v) is 3.45. The second kappa shape index (κ2) is 4.86. The molecular weight excluding hydrogens is 296 g/mol. The Bertz CT molecular complexity index is 986. The fraction of sp³-hybridized carbons (Fsp3) is 0.188. The van der Waals surface area contributed by atoms with Gasteiger partial charge in [-0.05, 0) is 31.2 Å². The van der Waals surface area contributed by atoms with Crippen molar-refractivity contribution in [2.75, 3.05) is 0 Å². The van der Waals surface area contributed by atoms with Crippen LogP contribution in [0.4, 0.5) is 0 Å². The Morgan fingerprint density at radius 2 is 2.09 bits per heavy atom. The lowest BCUT2D eigenvalue weighted by atomic mass is 10.1. The van der Waals surface area contributed by atoms with E-state index in [1.165, 1.54) is 11.3 Å². The molecule has 4 aromatic rings. The van der Waals surface area contributed by atoms with Crippen molar-refractivity contribution in [2.45, 2.75) is 13.0 Å². The van der Waals surface area contributed by atoms with Gasteiger partial charge >= 0.3 is 0 Å². The fourth-order valence-electron chi connectivity index (χ4n) is 2.48. The normalized spacial score (nSPS) is 13.0. The molecule has 0 amide bonds. The number of aryl methyl sites for hydroxylation is 1. The number of rotatable bonds is 2. The van der Waals surface area contributed by atoms with Gasteiger partial charge in [0.15, 0.2) is 5.65 Å². The van der Waals surface area contributed by atoms with Crippen LogP contribution in [0.15, 0.2) is 36.7 Å². The molecule has 6 heteroatoms. The van der Waals surface area contributed by atoms with Crippen LogP contribution in [0.3, 0.4) is 0 Å². The summed E-state index contributed by atoms with van der Waals surface area (Å²) in [5.74, 6) is 0. The van der Waals surface area contributed by atoms with E-state index in [4.69, 9.17) is 4.98 Å². The Balaban J connectivity index is 1.84.